The summed E-state index contributed by atoms with van der Waals surface area (Å²) in [6, 6.07) is 10.3. The molecule has 1 amide bonds. The van der Waals surface area contributed by atoms with Crippen LogP contribution >= 0.6 is 0 Å². The molecule has 24 heavy (non-hydrogen) atoms. The van der Waals surface area contributed by atoms with E-state index in [1.165, 1.54) is 11.8 Å². The number of likely N-dealkylation sites (tertiary alicyclic amines) is 1. The molecule has 2 aromatic rings. The zero-order valence-electron chi connectivity index (χ0n) is 13.3. The number of rotatable bonds is 4. The average Bonchev–Trinajstić information content (AvgIpc) is 2.62. The fourth-order valence-corrected chi connectivity index (χ4v) is 3.07. The van der Waals surface area contributed by atoms with Gasteiger partial charge in [-0.25, -0.2) is 14.8 Å². The van der Waals surface area contributed by atoms with E-state index < -0.39 is 5.97 Å². The Morgan fingerprint density at radius 3 is 2.50 bits per heavy atom. The second-order valence-corrected chi connectivity index (χ2v) is 6.04. The third kappa shape index (κ3) is 3.76. The van der Waals surface area contributed by atoms with Crippen molar-refractivity contribution in [2.45, 2.75) is 19.3 Å². The number of piperidine rings is 1. The lowest BCUT2D eigenvalue weighted by Crippen LogP contribution is -2.41. The summed E-state index contributed by atoms with van der Waals surface area (Å²) in [5, 5.41) is 8.84. The summed E-state index contributed by atoms with van der Waals surface area (Å²) in [6.45, 7) is 1.39. The van der Waals surface area contributed by atoms with E-state index in [4.69, 9.17) is 5.11 Å². The molecule has 1 unspecified atom stereocenters. The molecule has 0 saturated carbocycles. The molecule has 124 valence electrons. The van der Waals surface area contributed by atoms with E-state index >= 15 is 0 Å². The van der Waals surface area contributed by atoms with Crippen molar-refractivity contribution in [2.75, 3.05) is 13.1 Å². The van der Waals surface area contributed by atoms with Crippen molar-refractivity contribution < 1.29 is 14.7 Å². The van der Waals surface area contributed by atoms with Crippen molar-refractivity contribution in [3.63, 3.8) is 0 Å². The van der Waals surface area contributed by atoms with Crippen molar-refractivity contribution in [1.82, 2.24) is 14.9 Å². The maximum Gasteiger partial charge on any atom is 0.356 e. The highest BCUT2D eigenvalue weighted by Crippen LogP contribution is 2.21. The van der Waals surface area contributed by atoms with Crippen LogP contribution in [-0.4, -0.2) is 44.9 Å². The number of carbonyl (C=O) groups excluding carboxylic acids is 1. The minimum Gasteiger partial charge on any atom is -0.476 e. The molecule has 0 spiro atoms. The highest BCUT2D eigenvalue weighted by Gasteiger charge is 2.25. The Morgan fingerprint density at radius 2 is 1.83 bits per heavy atom. The van der Waals surface area contributed by atoms with Crippen molar-refractivity contribution in [3.05, 3.63) is 59.7 Å². The largest absolute Gasteiger partial charge is 0.476 e. The normalized spacial score (nSPS) is 17.5. The summed E-state index contributed by atoms with van der Waals surface area (Å²) in [4.78, 5) is 32.9. The lowest BCUT2D eigenvalue weighted by molar-refractivity contribution is 0.0658. The Kier molecular flexibility index (Phi) is 4.84. The zero-order valence-corrected chi connectivity index (χ0v) is 13.3. The zero-order chi connectivity index (χ0) is 16.9. The molecule has 6 heteroatoms. The fourth-order valence-electron chi connectivity index (χ4n) is 3.07. The van der Waals surface area contributed by atoms with Gasteiger partial charge in [-0.1, -0.05) is 30.3 Å². The first kappa shape index (κ1) is 16.1. The van der Waals surface area contributed by atoms with Gasteiger partial charge in [-0.3, -0.25) is 4.79 Å². The first-order valence-electron chi connectivity index (χ1n) is 8.02. The summed E-state index contributed by atoms with van der Waals surface area (Å²) < 4.78 is 0. The molecule has 3 rings (SSSR count). The smallest absolute Gasteiger partial charge is 0.356 e. The number of amides is 1. The number of nitrogens with zero attached hydrogens (tertiary/aromatic N) is 3. The number of carboxylic acids is 1. The molecule has 1 saturated heterocycles. The van der Waals surface area contributed by atoms with E-state index in [-0.39, 0.29) is 17.3 Å². The number of aromatic nitrogens is 2. The summed E-state index contributed by atoms with van der Waals surface area (Å²) in [5.74, 6) is -0.907. The second-order valence-electron chi connectivity index (χ2n) is 6.04. The minimum atomic E-state index is -1.15. The number of hydrogen-bond donors (Lipinski definition) is 1. The molecule has 1 fully saturated rings. The highest BCUT2D eigenvalue weighted by molar-refractivity contribution is 5.92. The van der Waals surface area contributed by atoms with Crippen molar-refractivity contribution >= 4 is 11.9 Å². The SMILES string of the molecule is O=C(O)c1cnc(C(=O)N2CCCC(Cc3ccccc3)C2)cn1. The topological polar surface area (TPSA) is 83.4 Å². The molecule has 1 aliphatic heterocycles. The molecule has 2 heterocycles. The van der Waals surface area contributed by atoms with Crippen LogP contribution in [0.4, 0.5) is 0 Å². The Hall–Kier alpha value is -2.76. The molecule has 1 N–H and O–H groups in total. The second kappa shape index (κ2) is 7.21. The van der Waals surface area contributed by atoms with Gasteiger partial charge in [-0.05, 0) is 30.7 Å². The summed E-state index contributed by atoms with van der Waals surface area (Å²) in [6.07, 6.45) is 5.38. The highest BCUT2D eigenvalue weighted by atomic mass is 16.4. The maximum absolute atomic E-state index is 12.6. The van der Waals surface area contributed by atoms with Gasteiger partial charge in [0.15, 0.2) is 5.69 Å². The average molecular weight is 325 g/mol. The Balaban J connectivity index is 1.65. The third-order valence-electron chi connectivity index (χ3n) is 4.26. The molecule has 1 aliphatic rings. The van der Waals surface area contributed by atoms with Crippen LogP contribution in [0.25, 0.3) is 0 Å². The van der Waals surface area contributed by atoms with Gasteiger partial charge in [0.25, 0.3) is 5.91 Å². The van der Waals surface area contributed by atoms with Crippen LogP contribution in [0.2, 0.25) is 0 Å². The van der Waals surface area contributed by atoms with Gasteiger partial charge in [-0.15, -0.1) is 0 Å². The van der Waals surface area contributed by atoms with E-state index in [0.29, 0.717) is 19.0 Å². The molecular weight excluding hydrogens is 306 g/mol. The van der Waals surface area contributed by atoms with Gasteiger partial charge in [0.1, 0.15) is 5.69 Å². The Morgan fingerprint density at radius 1 is 1.12 bits per heavy atom. The molecular formula is C18H19N3O3. The number of aromatic carboxylic acids is 1. The monoisotopic (exact) mass is 325 g/mol. The summed E-state index contributed by atoms with van der Waals surface area (Å²) >= 11 is 0. The quantitative estimate of drug-likeness (QED) is 0.932. The van der Waals surface area contributed by atoms with Crippen LogP contribution < -0.4 is 0 Å². The molecule has 1 atom stereocenters. The molecule has 6 nitrogen and oxygen atoms in total. The third-order valence-corrected chi connectivity index (χ3v) is 4.26. The summed E-state index contributed by atoms with van der Waals surface area (Å²) in [5.41, 5.74) is 1.31. The Labute approximate surface area is 140 Å². The Bertz CT molecular complexity index is 716. The van der Waals surface area contributed by atoms with Gasteiger partial charge in [0.05, 0.1) is 12.4 Å². The lowest BCUT2D eigenvalue weighted by Gasteiger charge is -2.32. The van der Waals surface area contributed by atoms with Gasteiger partial charge in [-0.2, -0.15) is 0 Å². The maximum atomic E-state index is 12.6. The van der Waals surface area contributed by atoms with Crippen LogP contribution in [0.15, 0.2) is 42.7 Å². The number of benzene rings is 1. The molecule has 1 aromatic heterocycles. The van der Waals surface area contributed by atoms with Crippen LogP contribution in [0.1, 0.15) is 39.4 Å². The van der Waals surface area contributed by atoms with Crippen LogP contribution in [0.3, 0.4) is 0 Å². The standard InChI is InChI=1S/C18H19N3O3/c22-17(15-10-20-16(11-19-15)18(23)24)21-8-4-7-14(12-21)9-13-5-2-1-3-6-13/h1-3,5-6,10-11,14H,4,7-9,12H2,(H,23,24). The van der Waals surface area contributed by atoms with Crippen LogP contribution in [0, 0.1) is 5.92 Å². The molecule has 0 radical (unpaired) electrons. The van der Waals surface area contributed by atoms with E-state index in [0.717, 1.165) is 25.5 Å². The van der Waals surface area contributed by atoms with Gasteiger partial charge >= 0.3 is 5.97 Å². The fraction of sp³-hybridized carbons (Fsp3) is 0.333. The van der Waals surface area contributed by atoms with E-state index in [2.05, 4.69) is 22.1 Å². The van der Waals surface area contributed by atoms with Crippen LogP contribution in [0.5, 0.6) is 0 Å². The van der Waals surface area contributed by atoms with Gasteiger partial charge in [0, 0.05) is 13.1 Å². The van der Waals surface area contributed by atoms with Crippen LogP contribution in [-0.2, 0) is 6.42 Å². The van der Waals surface area contributed by atoms with Crippen molar-refractivity contribution in [3.8, 4) is 0 Å². The molecule has 1 aromatic carbocycles. The van der Waals surface area contributed by atoms with Gasteiger partial charge < -0.3 is 10.0 Å². The van der Waals surface area contributed by atoms with Gasteiger partial charge in [0.2, 0.25) is 0 Å². The lowest BCUT2D eigenvalue weighted by atomic mass is 9.91. The number of carbonyl (C=O) groups is 2. The molecule has 0 bridgehead atoms. The van der Waals surface area contributed by atoms with Crippen molar-refractivity contribution in [2.24, 2.45) is 5.92 Å². The first-order chi connectivity index (χ1) is 11.6. The predicted octanol–water partition coefficient (Wildman–Crippen LogP) is 2.27. The van der Waals surface area contributed by atoms with E-state index in [1.807, 2.05) is 18.2 Å². The van der Waals surface area contributed by atoms with Crippen molar-refractivity contribution in [1.29, 1.82) is 0 Å². The number of hydrogen-bond acceptors (Lipinski definition) is 4. The molecule has 0 aliphatic carbocycles. The van der Waals surface area contributed by atoms with E-state index in [1.54, 1.807) is 4.90 Å². The first-order valence-corrected chi connectivity index (χ1v) is 8.02. The number of carboxylic acid groups (broad SMARTS) is 1. The predicted molar refractivity (Wildman–Crippen MR) is 87.8 cm³/mol. The minimum absolute atomic E-state index is 0.160. The van der Waals surface area contributed by atoms with E-state index in [9.17, 15) is 9.59 Å². The summed E-state index contributed by atoms with van der Waals surface area (Å²) in [7, 11) is 0.